The Morgan fingerprint density at radius 3 is 2.81 bits per heavy atom. The minimum Gasteiger partial charge on any atom is -0.450 e. The summed E-state index contributed by atoms with van der Waals surface area (Å²) in [6.07, 6.45) is -0.670. The number of amides is 1. The molecule has 0 spiro atoms. The van der Waals surface area contributed by atoms with Crippen molar-refractivity contribution in [3.05, 3.63) is 30.1 Å². The highest BCUT2D eigenvalue weighted by Crippen LogP contribution is 2.11. The molecule has 0 aliphatic rings. The fourth-order valence-corrected chi connectivity index (χ4v) is 1.17. The topological polar surface area (TPSA) is 50.4 Å². The van der Waals surface area contributed by atoms with Crippen molar-refractivity contribution < 1.29 is 13.9 Å². The summed E-state index contributed by atoms with van der Waals surface area (Å²) >= 11 is 4.80. The molecule has 0 unspecified atom stereocenters. The van der Waals surface area contributed by atoms with E-state index in [1.807, 2.05) is 0 Å². The van der Waals surface area contributed by atoms with Crippen LogP contribution in [0.3, 0.4) is 0 Å². The molecule has 6 heteroatoms. The van der Waals surface area contributed by atoms with Gasteiger partial charge in [0, 0.05) is 0 Å². The minimum atomic E-state index is -0.670. The van der Waals surface area contributed by atoms with Crippen molar-refractivity contribution in [3.8, 4) is 0 Å². The first kappa shape index (κ1) is 12.4. The fourth-order valence-electron chi connectivity index (χ4n) is 0.976. The van der Waals surface area contributed by atoms with E-state index in [2.05, 4.69) is 15.4 Å². The van der Waals surface area contributed by atoms with Crippen molar-refractivity contribution in [3.63, 3.8) is 0 Å². The van der Waals surface area contributed by atoms with Crippen LogP contribution in [0, 0.1) is 5.82 Å². The molecule has 16 heavy (non-hydrogen) atoms. The molecule has 0 aliphatic carbocycles. The largest absolute Gasteiger partial charge is 0.450 e. The second-order valence-corrected chi connectivity index (χ2v) is 3.19. The Balaban J connectivity index is 2.52. The molecule has 4 nitrogen and oxygen atoms in total. The van der Waals surface area contributed by atoms with E-state index >= 15 is 0 Å². The minimum absolute atomic E-state index is 0.0106. The van der Waals surface area contributed by atoms with E-state index in [0.717, 1.165) is 0 Å². The Kier molecular flexibility index (Phi) is 4.65. The summed E-state index contributed by atoms with van der Waals surface area (Å²) in [5.41, 5.74) is 0.198. The highest BCUT2D eigenvalue weighted by atomic mass is 32.1. The molecule has 1 aromatic rings. The number of carbonyl (C=O) groups excluding carboxylic acids is 1. The van der Waals surface area contributed by atoms with Crippen LogP contribution in [-0.4, -0.2) is 17.8 Å². The van der Waals surface area contributed by atoms with Crippen LogP contribution in [0.5, 0.6) is 0 Å². The molecule has 0 atom stereocenters. The Hall–Kier alpha value is -1.69. The third-order valence-electron chi connectivity index (χ3n) is 1.61. The highest BCUT2D eigenvalue weighted by Gasteiger charge is 2.06. The van der Waals surface area contributed by atoms with E-state index in [-0.39, 0.29) is 17.4 Å². The standard InChI is InChI=1S/C10H11FN2O2S/c1-2-15-10(14)13-9(16)12-8-6-4-3-5-7(8)11/h3-6H,2H2,1H3,(H2,12,13,14,16). The van der Waals surface area contributed by atoms with Crippen molar-refractivity contribution in [1.29, 1.82) is 0 Å². The maximum atomic E-state index is 13.2. The molecule has 0 radical (unpaired) electrons. The zero-order valence-electron chi connectivity index (χ0n) is 8.62. The van der Waals surface area contributed by atoms with Crippen molar-refractivity contribution in [2.75, 3.05) is 11.9 Å². The van der Waals surface area contributed by atoms with Crippen LogP contribution in [0.2, 0.25) is 0 Å². The van der Waals surface area contributed by atoms with Crippen LogP contribution in [0.25, 0.3) is 0 Å². The van der Waals surface area contributed by atoms with E-state index in [9.17, 15) is 9.18 Å². The van der Waals surface area contributed by atoms with E-state index in [1.165, 1.54) is 12.1 Å². The molecule has 86 valence electrons. The van der Waals surface area contributed by atoms with Gasteiger partial charge in [-0.2, -0.15) is 0 Å². The number of rotatable bonds is 2. The quantitative estimate of drug-likeness (QED) is 0.781. The monoisotopic (exact) mass is 242 g/mol. The second kappa shape index (κ2) is 6.02. The SMILES string of the molecule is CCOC(=O)NC(=S)Nc1ccccc1F. The Labute approximate surface area is 97.8 Å². The zero-order chi connectivity index (χ0) is 12.0. The number of para-hydroxylation sites is 1. The lowest BCUT2D eigenvalue weighted by molar-refractivity contribution is 0.158. The fraction of sp³-hybridized carbons (Fsp3) is 0.200. The lowest BCUT2D eigenvalue weighted by atomic mass is 10.3. The molecule has 1 rings (SSSR count). The lowest BCUT2D eigenvalue weighted by Gasteiger charge is -2.09. The van der Waals surface area contributed by atoms with Crippen molar-refractivity contribution in [1.82, 2.24) is 5.32 Å². The smallest absolute Gasteiger partial charge is 0.413 e. The first-order valence-electron chi connectivity index (χ1n) is 4.62. The van der Waals surface area contributed by atoms with E-state index in [1.54, 1.807) is 19.1 Å². The van der Waals surface area contributed by atoms with E-state index in [4.69, 9.17) is 12.2 Å². The van der Waals surface area contributed by atoms with Gasteiger partial charge in [-0.1, -0.05) is 12.1 Å². The van der Waals surface area contributed by atoms with Crippen LogP contribution in [0.15, 0.2) is 24.3 Å². The van der Waals surface area contributed by atoms with Crippen LogP contribution >= 0.6 is 12.2 Å². The Morgan fingerprint density at radius 1 is 1.50 bits per heavy atom. The molecule has 0 saturated heterocycles. The molecular formula is C10H11FN2O2S. The normalized spacial score (nSPS) is 9.38. The average Bonchev–Trinajstić information content (AvgIpc) is 2.21. The van der Waals surface area contributed by atoms with E-state index < -0.39 is 11.9 Å². The summed E-state index contributed by atoms with van der Waals surface area (Å²) < 4.78 is 17.8. The number of thiocarbonyl (C=S) groups is 1. The maximum absolute atomic E-state index is 13.2. The lowest BCUT2D eigenvalue weighted by Crippen LogP contribution is -2.34. The summed E-state index contributed by atoms with van der Waals surface area (Å²) in [5.74, 6) is -0.449. The van der Waals surface area contributed by atoms with Crippen molar-refractivity contribution in [2.24, 2.45) is 0 Å². The summed E-state index contributed by atoms with van der Waals surface area (Å²) in [4.78, 5) is 11.0. The molecular weight excluding hydrogens is 231 g/mol. The number of hydrogen-bond donors (Lipinski definition) is 2. The van der Waals surface area contributed by atoms with Crippen molar-refractivity contribution >= 4 is 29.1 Å². The second-order valence-electron chi connectivity index (χ2n) is 2.78. The summed E-state index contributed by atoms with van der Waals surface area (Å²) in [5, 5.41) is 4.78. The third kappa shape index (κ3) is 3.82. The summed E-state index contributed by atoms with van der Waals surface area (Å²) in [6.45, 7) is 1.92. The highest BCUT2D eigenvalue weighted by molar-refractivity contribution is 7.80. The van der Waals surface area contributed by atoms with Gasteiger partial charge in [-0.3, -0.25) is 5.32 Å². The van der Waals surface area contributed by atoms with Gasteiger partial charge in [-0.05, 0) is 31.3 Å². The first-order valence-corrected chi connectivity index (χ1v) is 5.03. The Morgan fingerprint density at radius 2 is 2.19 bits per heavy atom. The van der Waals surface area contributed by atoms with Gasteiger partial charge in [0.15, 0.2) is 5.11 Å². The number of ether oxygens (including phenoxy) is 1. The van der Waals surface area contributed by atoms with Gasteiger partial charge in [0.2, 0.25) is 0 Å². The van der Waals surface area contributed by atoms with Gasteiger partial charge in [0.1, 0.15) is 5.82 Å². The number of halogens is 1. The molecule has 0 fully saturated rings. The van der Waals surface area contributed by atoms with Crippen LogP contribution in [0.1, 0.15) is 6.92 Å². The van der Waals surface area contributed by atoms with Gasteiger partial charge in [0.05, 0.1) is 12.3 Å². The van der Waals surface area contributed by atoms with Crippen LogP contribution < -0.4 is 10.6 Å². The Bertz CT molecular complexity index is 398. The number of anilines is 1. The molecule has 0 bridgehead atoms. The molecule has 0 saturated carbocycles. The predicted octanol–water partition coefficient (Wildman–Crippen LogP) is 2.27. The zero-order valence-corrected chi connectivity index (χ0v) is 9.44. The molecule has 0 aliphatic heterocycles. The van der Waals surface area contributed by atoms with Gasteiger partial charge in [0.25, 0.3) is 0 Å². The first-order chi connectivity index (χ1) is 7.63. The van der Waals surface area contributed by atoms with Gasteiger partial charge in [-0.15, -0.1) is 0 Å². The van der Waals surface area contributed by atoms with Crippen LogP contribution in [0.4, 0.5) is 14.9 Å². The molecule has 0 heterocycles. The molecule has 0 aromatic heterocycles. The van der Waals surface area contributed by atoms with Gasteiger partial charge < -0.3 is 10.1 Å². The van der Waals surface area contributed by atoms with E-state index in [0.29, 0.717) is 0 Å². The summed E-state index contributed by atoms with van der Waals surface area (Å²) in [7, 11) is 0. The van der Waals surface area contributed by atoms with Crippen LogP contribution in [-0.2, 0) is 4.74 Å². The number of carbonyl (C=O) groups is 1. The van der Waals surface area contributed by atoms with Crippen molar-refractivity contribution in [2.45, 2.75) is 6.92 Å². The molecule has 1 aromatic carbocycles. The molecule has 1 amide bonds. The summed E-state index contributed by atoms with van der Waals surface area (Å²) in [6, 6.07) is 6.00. The predicted molar refractivity (Wildman–Crippen MR) is 62.8 cm³/mol. The third-order valence-corrected chi connectivity index (χ3v) is 1.82. The number of nitrogens with one attached hydrogen (secondary N) is 2. The average molecular weight is 242 g/mol. The maximum Gasteiger partial charge on any atom is 0.413 e. The van der Waals surface area contributed by atoms with Gasteiger partial charge >= 0.3 is 6.09 Å². The number of alkyl carbamates (subject to hydrolysis) is 1. The number of benzene rings is 1. The molecule has 2 N–H and O–H groups in total. The van der Waals surface area contributed by atoms with Gasteiger partial charge in [-0.25, -0.2) is 9.18 Å². The number of hydrogen-bond acceptors (Lipinski definition) is 3.